The number of amides is 1. The average molecular weight is 346 g/mol. The molecule has 0 saturated carbocycles. The second-order valence-corrected chi connectivity index (χ2v) is 6.31. The third kappa shape index (κ3) is 3.11. The van der Waals surface area contributed by atoms with Crippen molar-refractivity contribution in [1.29, 1.82) is 5.26 Å². The minimum absolute atomic E-state index is 0.0252. The number of rotatable bonds is 4. The van der Waals surface area contributed by atoms with Crippen molar-refractivity contribution in [3.63, 3.8) is 0 Å². The molecule has 2 heterocycles. The molecule has 4 rings (SSSR count). The number of nitrogens with zero attached hydrogens (tertiary/aromatic N) is 3. The lowest BCUT2D eigenvalue weighted by atomic mass is 10.2. The molecule has 1 amide bonds. The lowest BCUT2D eigenvalue weighted by molar-refractivity contribution is -0.134. The quantitative estimate of drug-likeness (QED) is 0.786. The zero-order chi connectivity index (χ0) is 17.9. The van der Waals surface area contributed by atoms with E-state index in [2.05, 4.69) is 16.0 Å². The fourth-order valence-corrected chi connectivity index (χ4v) is 3.33. The van der Waals surface area contributed by atoms with Crippen LogP contribution in [0.3, 0.4) is 0 Å². The molecule has 1 aromatic heterocycles. The van der Waals surface area contributed by atoms with E-state index in [0.717, 1.165) is 29.7 Å². The lowest BCUT2D eigenvalue weighted by Gasteiger charge is -2.23. The van der Waals surface area contributed by atoms with Crippen LogP contribution in [0, 0.1) is 11.3 Å². The normalized spacial score (nSPS) is 16.6. The Balaban J connectivity index is 1.45. The highest BCUT2D eigenvalue weighted by Crippen LogP contribution is 2.31. The summed E-state index contributed by atoms with van der Waals surface area (Å²) >= 11 is 0. The van der Waals surface area contributed by atoms with Gasteiger partial charge in [0, 0.05) is 6.54 Å². The maximum Gasteiger partial charge on any atom is 0.261 e. The Labute approximate surface area is 151 Å². The summed E-state index contributed by atoms with van der Waals surface area (Å²) in [6, 6.07) is 16.6. The molecule has 0 radical (unpaired) electrons. The number of para-hydroxylation sites is 2. The number of aromatic amines is 1. The molecule has 1 N–H and O–H groups in total. The van der Waals surface area contributed by atoms with Crippen LogP contribution in [0.15, 0.2) is 48.5 Å². The molecular formula is C20H18N4O2. The van der Waals surface area contributed by atoms with Gasteiger partial charge < -0.3 is 14.6 Å². The highest BCUT2D eigenvalue weighted by molar-refractivity contribution is 5.79. The molecule has 1 saturated heterocycles. The smallest absolute Gasteiger partial charge is 0.261 e. The Morgan fingerprint density at radius 2 is 2.08 bits per heavy atom. The van der Waals surface area contributed by atoms with E-state index in [1.54, 1.807) is 24.3 Å². The summed E-state index contributed by atoms with van der Waals surface area (Å²) < 4.78 is 5.59. The zero-order valence-corrected chi connectivity index (χ0v) is 14.2. The van der Waals surface area contributed by atoms with Gasteiger partial charge in [-0.1, -0.05) is 12.1 Å². The number of fused-ring (bicyclic) bond motifs is 1. The summed E-state index contributed by atoms with van der Waals surface area (Å²) in [6.07, 6.45) is 1.84. The summed E-state index contributed by atoms with van der Waals surface area (Å²) in [6.45, 7) is 0.680. The second-order valence-electron chi connectivity index (χ2n) is 6.31. The third-order valence-corrected chi connectivity index (χ3v) is 4.64. The fraction of sp³-hybridized carbons (Fsp3) is 0.250. The summed E-state index contributed by atoms with van der Waals surface area (Å²) in [5.74, 6) is 1.35. The van der Waals surface area contributed by atoms with Crippen LogP contribution in [0.25, 0.3) is 11.0 Å². The van der Waals surface area contributed by atoms with Crippen molar-refractivity contribution in [2.24, 2.45) is 0 Å². The van der Waals surface area contributed by atoms with Crippen molar-refractivity contribution in [3.8, 4) is 11.8 Å². The van der Waals surface area contributed by atoms with Crippen LogP contribution in [0.4, 0.5) is 0 Å². The van der Waals surface area contributed by atoms with Gasteiger partial charge in [0.25, 0.3) is 5.91 Å². The number of nitriles is 1. The number of carbonyl (C=O) groups excluding carboxylic acids is 1. The molecule has 2 aromatic carbocycles. The topological polar surface area (TPSA) is 82.0 Å². The van der Waals surface area contributed by atoms with E-state index in [9.17, 15) is 4.79 Å². The Morgan fingerprint density at radius 1 is 1.27 bits per heavy atom. The molecule has 1 unspecified atom stereocenters. The van der Waals surface area contributed by atoms with Gasteiger partial charge in [-0.15, -0.1) is 0 Å². The van der Waals surface area contributed by atoms with Gasteiger partial charge in [0.15, 0.2) is 6.61 Å². The summed E-state index contributed by atoms with van der Waals surface area (Å²) in [7, 11) is 0. The van der Waals surface area contributed by atoms with E-state index in [4.69, 9.17) is 10.00 Å². The average Bonchev–Trinajstić information content (AvgIpc) is 3.32. The number of H-pyrrole nitrogens is 1. The molecule has 130 valence electrons. The number of likely N-dealkylation sites (tertiary alicyclic amines) is 1. The monoisotopic (exact) mass is 346 g/mol. The van der Waals surface area contributed by atoms with E-state index in [1.165, 1.54) is 0 Å². The predicted octanol–water partition coefficient (Wildman–Crippen LogP) is 3.18. The van der Waals surface area contributed by atoms with Gasteiger partial charge in [0.1, 0.15) is 11.6 Å². The van der Waals surface area contributed by atoms with E-state index >= 15 is 0 Å². The third-order valence-electron chi connectivity index (χ3n) is 4.64. The number of benzene rings is 2. The van der Waals surface area contributed by atoms with E-state index in [1.807, 2.05) is 29.2 Å². The van der Waals surface area contributed by atoms with E-state index in [-0.39, 0.29) is 18.6 Å². The van der Waals surface area contributed by atoms with Crippen molar-refractivity contribution in [2.45, 2.75) is 18.9 Å². The van der Waals surface area contributed by atoms with Gasteiger partial charge in [-0.05, 0) is 49.2 Å². The molecule has 26 heavy (non-hydrogen) atoms. The first-order valence-corrected chi connectivity index (χ1v) is 8.61. The standard InChI is InChI=1S/C20H18N4O2/c21-12-14-7-9-15(10-8-14)26-13-19(25)24-11-3-6-18(24)20-22-16-4-1-2-5-17(16)23-20/h1-2,4-5,7-10,18H,3,6,11,13H2,(H,22,23). The van der Waals surface area contributed by atoms with Crippen LogP contribution in [0.5, 0.6) is 5.75 Å². The van der Waals surface area contributed by atoms with Crippen molar-refractivity contribution in [1.82, 2.24) is 14.9 Å². The molecule has 0 spiro atoms. The molecule has 1 aliphatic heterocycles. The number of ether oxygens (including phenoxy) is 1. The van der Waals surface area contributed by atoms with Crippen LogP contribution >= 0.6 is 0 Å². The van der Waals surface area contributed by atoms with Gasteiger partial charge in [-0.25, -0.2) is 4.98 Å². The Morgan fingerprint density at radius 3 is 2.85 bits per heavy atom. The van der Waals surface area contributed by atoms with Gasteiger partial charge in [0.2, 0.25) is 0 Å². The highest BCUT2D eigenvalue weighted by atomic mass is 16.5. The first kappa shape index (κ1) is 16.2. The highest BCUT2D eigenvalue weighted by Gasteiger charge is 2.32. The largest absolute Gasteiger partial charge is 0.484 e. The Kier molecular flexibility index (Phi) is 4.28. The minimum atomic E-state index is -0.0580. The van der Waals surface area contributed by atoms with Crippen molar-refractivity contribution < 1.29 is 9.53 Å². The van der Waals surface area contributed by atoms with Gasteiger partial charge >= 0.3 is 0 Å². The fourth-order valence-electron chi connectivity index (χ4n) is 3.33. The molecule has 0 aliphatic carbocycles. The van der Waals surface area contributed by atoms with Gasteiger partial charge in [-0.2, -0.15) is 5.26 Å². The number of imidazole rings is 1. The number of hydrogen-bond donors (Lipinski definition) is 1. The Hall–Kier alpha value is -3.33. The number of nitrogens with one attached hydrogen (secondary N) is 1. The Bertz CT molecular complexity index is 938. The lowest BCUT2D eigenvalue weighted by Crippen LogP contribution is -2.34. The minimum Gasteiger partial charge on any atom is -0.484 e. The van der Waals surface area contributed by atoms with Gasteiger partial charge in [-0.3, -0.25) is 4.79 Å². The molecule has 1 atom stereocenters. The van der Waals surface area contributed by atoms with Crippen LogP contribution in [0.1, 0.15) is 30.3 Å². The zero-order valence-electron chi connectivity index (χ0n) is 14.2. The molecule has 6 heteroatoms. The SMILES string of the molecule is N#Cc1ccc(OCC(=O)N2CCCC2c2nc3ccccc3[nH]2)cc1. The maximum atomic E-state index is 12.6. The van der Waals surface area contributed by atoms with Crippen LogP contribution < -0.4 is 4.74 Å². The van der Waals surface area contributed by atoms with Crippen LogP contribution in [0.2, 0.25) is 0 Å². The van der Waals surface area contributed by atoms with Crippen molar-refractivity contribution in [2.75, 3.05) is 13.2 Å². The maximum absolute atomic E-state index is 12.6. The van der Waals surface area contributed by atoms with Gasteiger partial charge in [0.05, 0.1) is 28.7 Å². The molecule has 3 aromatic rings. The number of hydrogen-bond acceptors (Lipinski definition) is 4. The van der Waals surface area contributed by atoms with Crippen LogP contribution in [-0.4, -0.2) is 33.9 Å². The summed E-state index contributed by atoms with van der Waals surface area (Å²) in [4.78, 5) is 22.5. The first-order chi connectivity index (χ1) is 12.7. The molecule has 0 bridgehead atoms. The number of carbonyl (C=O) groups is 1. The molecule has 1 fully saturated rings. The van der Waals surface area contributed by atoms with Crippen LogP contribution in [-0.2, 0) is 4.79 Å². The molecule has 1 aliphatic rings. The van der Waals surface area contributed by atoms with E-state index < -0.39 is 0 Å². The summed E-state index contributed by atoms with van der Waals surface area (Å²) in [5.41, 5.74) is 2.46. The summed E-state index contributed by atoms with van der Waals surface area (Å²) in [5, 5.41) is 8.82. The van der Waals surface area contributed by atoms with Crippen molar-refractivity contribution >= 4 is 16.9 Å². The van der Waals surface area contributed by atoms with E-state index in [0.29, 0.717) is 17.9 Å². The first-order valence-electron chi connectivity index (χ1n) is 8.61. The number of aromatic nitrogens is 2. The second kappa shape index (κ2) is 6.89. The molecule has 6 nitrogen and oxygen atoms in total. The predicted molar refractivity (Wildman–Crippen MR) is 96.4 cm³/mol. The van der Waals surface area contributed by atoms with Crippen molar-refractivity contribution in [3.05, 3.63) is 59.9 Å². The molecular weight excluding hydrogens is 328 g/mol.